The zero-order chi connectivity index (χ0) is 16.7. The maximum Gasteiger partial charge on any atom is 0.156 e. The first-order chi connectivity index (χ1) is 10.2. The van der Waals surface area contributed by atoms with Gasteiger partial charge in [-0.15, -0.1) is 0 Å². The van der Waals surface area contributed by atoms with E-state index in [1.165, 1.54) is 7.11 Å². The van der Waals surface area contributed by atoms with Crippen molar-refractivity contribution in [1.82, 2.24) is 0 Å². The van der Waals surface area contributed by atoms with Gasteiger partial charge in [0.25, 0.3) is 0 Å². The van der Waals surface area contributed by atoms with Gasteiger partial charge in [0.05, 0.1) is 17.2 Å². The summed E-state index contributed by atoms with van der Waals surface area (Å²) in [5, 5.41) is 2.23. The number of methoxy groups -OCH3 is 1. The second-order valence-corrected chi connectivity index (χ2v) is 7.29. The molecule has 5 heteroatoms. The number of halogens is 4. The number of ether oxygens (including phenoxy) is 1. The van der Waals surface area contributed by atoms with E-state index in [9.17, 15) is 0 Å². The van der Waals surface area contributed by atoms with Crippen LogP contribution in [0.4, 0.5) is 0 Å². The average molecular weight is 378 g/mol. The molecule has 0 saturated heterocycles. The van der Waals surface area contributed by atoms with E-state index in [1.54, 1.807) is 0 Å². The smallest absolute Gasteiger partial charge is 0.156 e. The lowest BCUT2D eigenvalue weighted by Gasteiger charge is -2.28. The predicted octanol–water partition coefficient (Wildman–Crippen LogP) is 6.94. The molecule has 0 unspecified atom stereocenters. The van der Waals surface area contributed by atoms with Crippen molar-refractivity contribution >= 4 is 46.4 Å². The first-order valence-corrected chi connectivity index (χ1v) is 8.19. The molecule has 2 rings (SSSR count). The molecule has 0 amide bonds. The van der Waals surface area contributed by atoms with Crippen molar-refractivity contribution < 1.29 is 4.74 Å². The van der Waals surface area contributed by atoms with Crippen LogP contribution in [0.15, 0.2) is 24.3 Å². The van der Waals surface area contributed by atoms with E-state index in [0.29, 0.717) is 25.8 Å². The summed E-state index contributed by atoms with van der Waals surface area (Å²) in [7, 11) is 1.54. The molecular weight excluding hydrogens is 362 g/mol. The molecule has 0 aliphatic carbocycles. The number of hydrogen-bond acceptors (Lipinski definition) is 1. The van der Waals surface area contributed by atoms with Gasteiger partial charge in [-0.2, -0.15) is 0 Å². The molecule has 0 N–H and O–H groups in total. The predicted molar refractivity (Wildman–Crippen MR) is 96.3 cm³/mol. The Balaban J connectivity index is 2.60. The Morgan fingerprint density at radius 2 is 1.14 bits per heavy atom. The number of rotatable bonds is 3. The Hall–Kier alpha value is -0.600. The zero-order valence-corrected chi connectivity index (χ0v) is 15.8. The van der Waals surface area contributed by atoms with E-state index in [2.05, 4.69) is 13.8 Å². The fourth-order valence-electron chi connectivity index (χ4n) is 2.29. The summed E-state index contributed by atoms with van der Waals surface area (Å²) in [4.78, 5) is 0. The summed E-state index contributed by atoms with van der Waals surface area (Å²) in [6.45, 7) is 6.03. The molecule has 1 nitrogen and oxygen atoms in total. The van der Waals surface area contributed by atoms with Gasteiger partial charge in [-0.3, -0.25) is 0 Å². The molecule has 22 heavy (non-hydrogen) atoms. The van der Waals surface area contributed by atoms with Gasteiger partial charge < -0.3 is 4.74 Å². The highest BCUT2D eigenvalue weighted by Gasteiger charge is 2.26. The van der Waals surface area contributed by atoms with E-state index >= 15 is 0 Å². The van der Waals surface area contributed by atoms with Crippen molar-refractivity contribution in [3.8, 4) is 5.75 Å². The lowest BCUT2D eigenvalue weighted by molar-refractivity contribution is 0.415. The number of benzene rings is 2. The van der Waals surface area contributed by atoms with Crippen molar-refractivity contribution in [2.24, 2.45) is 0 Å². The second kappa shape index (κ2) is 6.49. The second-order valence-electron chi connectivity index (χ2n) is 5.66. The van der Waals surface area contributed by atoms with Crippen LogP contribution in [0, 0.1) is 6.92 Å². The summed E-state index contributed by atoms with van der Waals surface area (Å²) in [5.74, 6) is 0.475. The van der Waals surface area contributed by atoms with E-state index in [1.807, 2.05) is 31.2 Å². The van der Waals surface area contributed by atoms with Gasteiger partial charge in [-0.05, 0) is 47.9 Å². The van der Waals surface area contributed by atoms with Gasteiger partial charge in [0, 0.05) is 15.5 Å². The molecule has 0 heterocycles. The number of hydrogen-bond donors (Lipinski definition) is 0. The first kappa shape index (κ1) is 17.7. The Morgan fingerprint density at radius 1 is 0.773 bits per heavy atom. The molecule has 0 saturated carbocycles. The van der Waals surface area contributed by atoms with Crippen LogP contribution in [-0.4, -0.2) is 7.11 Å². The minimum Gasteiger partial charge on any atom is -0.494 e. The molecule has 0 aromatic heterocycles. The van der Waals surface area contributed by atoms with Crippen LogP contribution in [-0.2, 0) is 5.41 Å². The molecule has 0 bridgehead atoms. The molecular formula is C17H16Cl4O. The van der Waals surface area contributed by atoms with Gasteiger partial charge in [0.15, 0.2) is 5.75 Å². The molecule has 0 atom stereocenters. The van der Waals surface area contributed by atoms with Crippen molar-refractivity contribution in [3.05, 3.63) is 61.0 Å². The maximum absolute atomic E-state index is 6.27. The Bertz CT molecular complexity index is 677. The first-order valence-electron chi connectivity index (χ1n) is 6.68. The van der Waals surface area contributed by atoms with Crippen LogP contribution >= 0.6 is 46.4 Å². The van der Waals surface area contributed by atoms with Crippen molar-refractivity contribution in [2.45, 2.75) is 26.2 Å². The lowest BCUT2D eigenvalue weighted by Crippen LogP contribution is -2.19. The highest BCUT2D eigenvalue weighted by atomic mass is 35.5. The van der Waals surface area contributed by atoms with Crippen molar-refractivity contribution in [2.75, 3.05) is 7.11 Å². The Kier molecular flexibility index (Phi) is 5.23. The van der Waals surface area contributed by atoms with Gasteiger partial charge >= 0.3 is 0 Å². The van der Waals surface area contributed by atoms with E-state index in [0.717, 1.165) is 16.7 Å². The molecule has 2 aromatic carbocycles. The molecule has 118 valence electrons. The third kappa shape index (κ3) is 3.19. The van der Waals surface area contributed by atoms with Crippen LogP contribution in [0.1, 0.15) is 30.5 Å². The highest BCUT2D eigenvalue weighted by Crippen LogP contribution is 2.41. The Morgan fingerprint density at radius 3 is 1.50 bits per heavy atom. The van der Waals surface area contributed by atoms with Gasteiger partial charge in [0.2, 0.25) is 0 Å². The highest BCUT2D eigenvalue weighted by molar-refractivity contribution is 6.37. The normalized spacial score (nSPS) is 11.6. The summed E-state index contributed by atoms with van der Waals surface area (Å²) < 4.78 is 5.20. The van der Waals surface area contributed by atoms with Crippen molar-refractivity contribution in [1.29, 1.82) is 0 Å². The van der Waals surface area contributed by atoms with Gasteiger partial charge in [0.1, 0.15) is 0 Å². The van der Waals surface area contributed by atoms with Crippen LogP contribution in [0.2, 0.25) is 20.1 Å². The van der Waals surface area contributed by atoms with E-state index in [4.69, 9.17) is 51.1 Å². The third-order valence-electron chi connectivity index (χ3n) is 3.93. The molecule has 0 aliphatic heterocycles. The SMILES string of the molecule is COc1c(Cl)cc(C(C)(C)c2cc(Cl)c(C)c(Cl)c2)cc1Cl. The average Bonchev–Trinajstić information content (AvgIpc) is 2.43. The summed E-state index contributed by atoms with van der Waals surface area (Å²) >= 11 is 25.0. The maximum atomic E-state index is 6.27. The molecule has 0 spiro atoms. The van der Waals surface area contributed by atoms with Crippen LogP contribution < -0.4 is 4.74 Å². The fraction of sp³-hybridized carbons (Fsp3) is 0.294. The standard InChI is InChI=1S/C17H16Cl4O/c1-9-12(18)5-10(6-13(9)19)17(2,3)11-7-14(20)16(22-4)15(21)8-11/h5-8H,1-4H3. The topological polar surface area (TPSA) is 9.23 Å². The van der Waals surface area contributed by atoms with Crippen LogP contribution in [0.3, 0.4) is 0 Å². The lowest BCUT2D eigenvalue weighted by atomic mass is 9.78. The third-order valence-corrected chi connectivity index (χ3v) is 5.27. The largest absolute Gasteiger partial charge is 0.494 e. The van der Waals surface area contributed by atoms with Crippen LogP contribution in [0.25, 0.3) is 0 Å². The summed E-state index contributed by atoms with van der Waals surface area (Å²) in [6, 6.07) is 7.56. The van der Waals surface area contributed by atoms with E-state index < -0.39 is 0 Å². The molecule has 0 radical (unpaired) electrons. The monoisotopic (exact) mass is 376 g/mol. The Labute approximate surface area is 151 Å². The molecule has 2 aromatic rings. The molecule has 0 aliphatic rings. The summed E-state index contributed by atoms with van der Waals surface area (Å²) in [6.07, 6.45) is 0. The fourth-order valence-corrected chi connectivity index (χ4v) is 3.42. The van der Waals surface area contributed by atoms with E-state index in [-0.39, 0.29) is 5.41 Å². The minimum absolute atomic E-state index is 0.361. The van der Waals surface area contributed by atoms with Crippen molar-refractivity contribution in [3.63, 3.8) is 0 Å². The molecule has 0 fully saturated rings. The van der Waals surface area contributed by atoms with Crippen LogP contribution in [0.5, 0.6) is 5.75 Å². The quantitative estimate of drug-likeness (QED) is 0.562. The summed E-state index contributed by atoms with van der Waals surface area (Å²) in [5.41, 5.74) is 2.46. The van der Waals surface area contributed by atoms with Gasteiger partial charge in [-0.1, -0.05) is 60.3 Å². The minimum atomic E-state index is -0.361. The van der Waals surface area contributed by atoms with Gasteiger partial charge in [-0.25, -0.2) is 0 Å². The zero-order valence-electron chi connectivity index (χ0n) is 12.7.